The largest absolute Gasteiger partial charge is 0.496 e. The van der Waals surface area contributed by atoms with Gasteiger partial charge in [0.05, 0.1) is 13.2 Å². The maximum absolute atomic E-state index is 12.8. The lowest BCUT2D eigenvalue weighted by atomic mass is 9.90. The van der Waals surface area contributed by atoms with Crippen molar-refractivity contribution in [3.8, 4) is 16.9 Å². The van der Waals surface area contributed by atoms with Gasteiger partial charge in [0.1, 0.15) is 11.4 Å². The molecule has 1 amide bonds. The molecule has 1 aliphatic heterocycles. The summed E-state index contributed by atoms with van der Waals surface area (Å²) in [6.07, 6.45) is 1.38. The average molecular weight is 405 g/mol. The number of amides is 1. The van der Waals surface area contributed by atoms with Crippen molar-refractivity contribution in [2.45, 2.75) is 31.4 Å². The van der Waals surface area contributed by atoms with E-state index in [0.717, 1.165) is 35.5 Å². The topological polar surface area (TPSA) is 59.6 Å². The first-order chi connectivity index (χ1) is 13.1. The number of para-hydroxylation sites is 1. The van der Waals surface area contributed by atoms with Crippen LogP contribution in [0.3, 0.4) is 0 Å². The first-order valence-corrected chi connectivity index (χ1v) is 9.40. The Hall–Kier alpha value is -2.08. The Labute approximate surface area is 173 Å². The fourth-order valence-electron chi connectivity index (χ4n) is 3.60. The van der Waals surface area contributed by atoms with E-state index < -0.39 is 5.60 Å². The number of ether oxygens (including phenoxy) is 2. The molecule has 0 aromatic heterocycles. The third-order valence-corrected chi connectivity index (χ3v) is 5.39. The molecular formula is C22H29ClN2O3. The normalized spacial score (nSPS) is 16.5. The van der Waals surface area contributed by atoms with E-state index in [4.69, 9.17) is 9.47 Å². The summed E-state index contributed by atoms with van der Waals surface area (Å²) >= 11 is 0. The van der Waals surface area contributed by atoms with Gasteiger partial charge in [-0.05, 0) is 50.0 Å². The molecule has 6 heteroatoms. The van der Waals surface area contributed by atoms with Crippen molar-refractivity contribution in [2.24, 2.45) is 0 Å². The molecule has 0 saturated carbocycles. The zero-order valence-corrected chi connectivity index (χ0v) is 17.5. The highest BCUT2D eigenvalue weighted by Crippen LogP contribution is 2.30. The molecule has 0 bridgehead atoms. The van der Waals surface area contributed by atoms with E-state index in [2.05, 4.69) is 34.9 Å². The van der Waals surface area contributed by atoms with Gasteiger partial charge in [-0.3, -0.25) is 4.79 Å². The first kappa shape index (κ1) is 22.2. The zero-order chi connectivity index (χ0) is 19.3. The summed E-state index contributed by atoms with van der Waals surface area (Å²) in [7, 11) is 3.30. The third kappa shape index (κ3) is 4.66. The van der Waals surface area contributed by atoms with Crippen LogP contribution in [-0.4, -0.2) is 38.8 Å². The van der Waals surface area contributed by atoms with Crippen LogP contribution in [0.2, 0.25) is 0 Å². The van der Waals surface area contributed by atoms with E-state index in [1.807, 2.05) is 31.2 Å². The summed E-state index contributed by atoms with van der Waals surface area (Å²) < 4.78 is 11.1. The Kier molecular flexibility index (Phi) is 7.87. The number of carbonyl (C=O) groups is 1. The Balaban J connectivity index is 0.00000280. The highest BCUT2D eigenvalue weighted by atomic mass is 35.5. The summed E-state index contributed by atoms with van der Waals surface area (Å²) in [5.74, 6) is 0.812. The minimum atomic E-state index is -0.725. The van der Waals surface area contributed by atoms with Gasteiger partial charge in [-0.25, -0.2) is 0 Å². The highest BCUT2D eigenvalue weighted by Gasteiger charge is 2.40. The molecule has 2 aromatic rings. The number of benzene rings is 2. The summed E-state index contributed by atoms with van der Waals surface area (Å²) in [5.41, 5.74) is 2.47. The van der Waals surface area contributed by atoms with Crippen LogP contribution < -0.4 is 15.4 Å². The third-order valence-electron chi connectivity index (χ3n) is 5.39. The van der Waals surface area contributed by atoms with Gasteiger partial charge in [0.15, 0.2) is 0 Å². The lowest BCUT2D eigenvalue weighted by molar-refractivity contribution is -0.147. The standard InChI is InChI=1S/C22H28N2O3.ClH/c1-16(24-21(25)22(27-3)12-14-23-15-13-22)17-8-10-18(11-9-17)19-6-4-5-7-20(19)26-2;/h4-11,16,23H,12-15H2,1-3H3,(H,24,25);1H. The van der Waals surface area contributed by atoms with Crippen LogP contribution in [0, 0.1) is 0 Å². The number of rotatable bonds is 6. The molecule has 28 heavy (non-hydrogen) atoms. The van der Waals surface area contributed by atoms with Gasteiger partial charge in [-0.1, -0.05) is 42.5 Å². The average Bonchev–Trinajstić information content (AvgIpc) is 2.74. The van der Waals surface area contributed by atoms with Gasteiger partial charge in [0.2, 0.25) is 0 Å². The van der Waals surface area contributed by atoms with Crippen LogP contribution in [0.25, 0.3) is 11.1 Å². The van der Waals surface area contributed by atoms with Crippen molar-refractivity contribution in [3.05, 3.63) is 54.1 Å². The summed E-state index contributed by atoms with van der Waals surface area (Å²) in [6, 6.07) is 16.1. The molecule has 1 heterocycles. The number of nitrogens with one attached hydrogen (secondary N) is 2. The molecule has 5 nitrogen and oxygen atoms in total. The van der Waals surface area contributed by atoms with E-state index in [-0.39, 0.29) is 24.4 Å². The zero-order valence-electron chi connectivity index (χ0n) is 16.7. The molecule has 1 unspecified atom stereocenters. The lowest BCUT2D eigenvalue weighted by Crippen LogP contribution is -2.54. The van der Waals surface area contributed by atoms with E-state index in [0.29, 0.717) is 12.8 Å². The minimum Gasteiger partial charge on any atom is -0.496 e. The van der Waals surface area contributed by atoms with E-state index >= 15 is 0 Å². The van der Waals surface area contributed by atoms with Crippen LogP contribution in [0.5, 0.6) is 5.75 Å². The van der Waals surface area contributed by atoms with E-state index in [9.17, 15) is 4.79 Å². The maximum atomic E-state index is 12.8. The van der Waals surface area contributed by atoms with Crippen molar-refractivity contribution >= 4 is 18.3 Å². The quantitative estimate of drug-likeness (QED) is 0.770. The van der Waals surface area contributed by atoms with Crippen LogP contribution in [0.15, 0.2) is 48.5 Å². The first-order valence-electron chi connectivity index (χ1n) is 9.40. The number of halogens is 1. The molecule has 1 aliphatic rings. The number of hydrogen-bond acceptors (Lipinski definition) is 4. The second-order valence-corrected chi connectivity index (χ2v) is 6.97. The smallest absolute Gasteiger partial charge is 0.252 e. The van der Waals surface area contributed by atoms with Crippen LogP contribution >= 0.6 is 12.4 Å². The second kappa shape index (κ2) is 9.92. The molecule has 152 valence electrons. The molecule has 3 rings (SSSR count). The van der Waals surface area contributed by atoms with Gasteiger partial charge >= 0.3 is 0 Å². The predicted molar refractivity (Wildman–Crippen MR) is 114 cm³/mol. The molecule has 1 atom stereocenters. The van der Waals surface area contributed by atoms with E-state index in [1.54, 1.807) is 14.2 Å². The Bertz CT molecular complexity index is 774. The summed E-state index contributed by atoms with van der Waals surface area (Å²) in [5, 5.41) is 6.40. The fourth-order valence-corrected chi connectivity index (χ4v) is 3.60. The van der Waals surface area contributed by atoms with Crippen LogP contribution in [-0.2, 0) is 9.53 Å². The van der Waals surface area contributed by atoms with Gasteiger partial charge in [0.25, 0.3) is 5.91 Å². The van der Waals surface area contributed by atoms with Crippen molar-refractivity contribution in [1.29, 1.82) is 0 Å². The Morgan fingerprint density at radius 1 is 1.07 bits per heavy atom. The van der Waals surface area contributed by atoms with Crippen LogP contribution in [0.1, 0.15) is 31.4 Å². The van der Waals surface area contributed by atoms with Crippen molar-refractivity contribution < 1.29 is 14.3 Å². The van der Waals surface area contributed by atoms with Crippen molar-refractivity contribution in [1.82, 2.24) is 10.6 Å². The number of piperidine rings is 1. The van der Waals surface area contributed by atoms with E-state index in [1.165, 1.54) is 0 Å². The number of carbonyl (C=O) groups excluding carboxylic acids is 1. The van der Waals surface area contributed by atoms with Gasteiger partial charge in [0, 0.05) is 12.7 Å². The summed E-state index contributed by atoms with van der Waals surface area (Å²) in [6.45, 7) is 3.59. The molecule has 1 fully saturated rings. The molecule has 2 N–H and O–H groups in total. The summed E-state index contributed by atoms with van der Waals surface area (Å²) in [4.78, 5) is 12.8. The van der Waals surface area contributed by atoms with Gasteiger partial charge < -0.3 is 20.1 Å². The number of methoxy groups -OCH3 is 2. The fraction of sp³-hybridized carbons (Fsp3) is 0.409. The van der Waals surface area contributed by atoms with Gasteiger partial charge in [-0.2, -0.15) is 0 Å². The maximum Gasteiger partial charge on any atom is 0.252 e. The molecule has 2 aromatic carbocycles. The SMILES string of the molecule is COc1ccccc1-c1ccc(C(C)NC(=O)C2(OC)CCNCC2)cc1.Cl. The Morgan fingerprint density at radius 2 is 1.71 bits per heavy atom. The highest BCUT2D eigenvalue weighted by molar-refractivity contribution is 5.86. The van der Waals surface area contributed by atoms with Crippen molar-refractivity contribution in [2.75, 3.05) is 27.3 Å². The molecule has 0 spiro atoms. The molecule has 0 radical (unpaired) electrons. The molecule has 1 saturated heterocycles. The second-order valence-electron chi connectivity index (χ2n) is 6.97. The molecule has 0 aliphatic carbocycles. The monoisotopic (exact) mass is 404 g/mol. The van der Waals surface area contributed by atoms with Gasteiger partial charge in [-0.15, -0.1) is 12.4 Å². The number of hydrogen-bond donors (Lipinski definition) is 2. The predicted octanol–water partition coefficient (Wildman–Crippen LogP) is 3.73. The molecular weight excluding hydrogens is 376 g/mol. The van der Waals surface area contributed by atoms with Crippen LogP contribution in [0.4, 0.5) is 0 Å². The lowest BCUT2D eigenvalue weighted by Gasteiger charge is -2.35. The van der Waals surface area contributed by atoms with Crippen molar-refractivity contribution in [3.63, 3.8) is 0 Å². The minimum absolute atomic E-state index is 0. The Morgan fingerprint density at radius 3 is 2.32 bits per heavy atom.